The van der Waals surface area contributed by atoms with Gasteiger partial charge in [0.05, 0.1) is 0 Å². The number of benzene rings is 8. The maximum absolute atomic E-state index is 6.67. The first-order valence-electron chi connectivity index (χ1n) is 19.7. The molecule has 9 aromatic rings. The zero-order chi connectivity index (χ0) is 37.8. The molecule has 0 spiro atoms. The second-order valence-electron chi connectivity index (χ2n) is 16.6. The van der Waals surface area contributed by atoms with Gasteiger partial charge in [0, 0.05) is 44.7 Å². The van der Waals surface area contributed by atoms with Crippen LogP contribution < -0.4 is 4.90 Å². The molecule has 2 aliphatic carbocycles. The summed E-state index contributed by atoms with van der Waals surface area (Å²) >= 11 is 0. The van der Waals surface area contributed by atoms with Gasteiger partial charge in [-0.3, -0.25) is 0 Å². The van der Waals surface area contributed by atoms with Gasteiger partial charge in [-0.25, -0.2) is 0 Å². The molecule has 0 atom stereocenters. The summed E-state index contributed by atoms with van der Waals surface area (Å²) in [5.41, 5.74) is 20.5. The highest BCUT2D eigenvalue weighted by Crippen LogP contribution is 2.52. The Morgan fingerprint density at radius 3 is 1.62 bits per heavy atom. The molecule has 1 aromatic heterocycles. The van der Waals surface area contributed by atoms with Crippen LogP contribution >= 0.6 is 0 Å². The van der Waals surface area contributed by atoms with E-state index in [-0.39, 0.29) is 10.8 Å². The van der Waals surface area contributed by atoms with E-state index >= 15 is 0 Å². The molecule has 2 nitrogen and oxygen atoms in total. The zero-order valence-corrected chi connectivity index (χ0v) is 32.1. The van der Waals surface area contributed by atoms with Crippen molar-refractivity contribution in [1.29, 1.82) is 0 Å². The average Bonchev–Trinajstić information content (AvgIpc) is 3.80. The van der Waals surface area contributed by atoms with Crippen LogP contribution in [0, 0.1) is 0 Å². The number of nitrogens with zero attached hydrogens (tertiary/aromatic N) is 1. The fraction of sp³-hybridized carbons (Fsp3) is 0.111. The first-order chi connectivity index (χ1) is 27.3. The molecule has 0 unspecified atom stereocenters. The van der Waals surface area contributed by atoms with Gasteiger partial charge in [0.25, 0.3) is 0 Å². The van der Waals surface area contributed by atoms with E-state index in [0.29, 0.717) is 0 Å². The summed E-state index contributed by atoms with van der Waals surface area (Å²) in [5.74, 6) is 0. The molecule has 0 radical (unpaired) electrons. The minimum Gasteiger partial charge on any atom is -0.456 e. The van der Waals surface area contributed by atoms with Crippen molar-refractivity contribution in [3.8, 4) is 44.5 Å². The first-order valence-corrected chi connectivity index (χ1v) is 19.7. The summed E-state index contributed by atoms with van der Waals surface area (Å²) in [4.78, 5) is 2.38. The molecule has 0 bridgehead atoms. The van der Waals surface area contributed by atoms with Crippen LogP contribution in [0.15, 0.2) is 180 Å². The smallest absolute Gasteiger partial charge is 0.137 e. The summed E-state index contributed by atoms with van der Waals surface area (Å²) in [6, 6.07) is 64.5. The Morgan fingerprint density at radius 2 is 0.875 bits per heavy atom. The molecule has 0 saturated heterocycles. The Morgan fingerprint density at radius 1 is 0.339 bits per heavy atom. The Kier molecular flexibility index (Phi) is 6.98. The second-order valence-corrected chi connectivity index (χ2v) is 16.6. The predicted octanol–water partition coefficient (Wildman–Crippen LogP) is 15.0. The van der Waals surface area contributed by atoms with Crippen molar-refractivity contribution in [3.05, 3.63) is 198 Å². The van der Waals surface area contributed by atoms with E-state index in [1.807, 2.05) is 0 Å². The van der Waals surface area contributed by atoms with Gasteiger partial charge in [-0.1, -0.05) is 143 Å². The SMILES string of the molecule is CC1(C)c2ccccc2-c2ccc(-c3ccc4oc5cc(N(c6cccc(-c7ccccc7)c6)c6ccc7c(c6)C(C)(C)c6ccccc6-7)ccc5c4c3)cc21. The van der Waals surface area contributed by atoms with Crippen LogP contribution in [0.1, 0.15) is 49.9 Å². The Labute approximate surface area is 328 Å². The maximum Gasteiger partial charge on any atom is 0.137 e. The van der Waals surface area contributed by atoms with Gasteiger partial charge in [-0.15, -0.1) is 0 Å². The Bertz CT molecular complexity index is 3030. The molecule has 0 amide bonds. The van der Waals surface area contributed by atoms with Crippen LogP contribution in [0.2, 0.25) is 0 Å². The molecule has 0 saturated carbocycles. The standard InChI is InChI=1S/C54H41NO/c1-53(2)47-19-10-8-17-41(47)43-25-21-37(31-49(43)53)36-22-28-51-46(30-36)45-27-24-40(33-52(45)56-51)55(38-16-12-15-35(29-38)34-13-6-5-7-14-34)39-23-26-44-42-18-9-11-20-48(42)54(3,4)50(44)32-39/h5-33H,1-4H3. The third kappa shape index (κ3) is 4.82. The van der Waals surface area contributed by atoms with Crippen LogP contribution in [0.3, 0.4) is 0 Å². The van der Waals surface area contributed by atoms with Crippen LogP contribution in [0.25, 0.3) is 66.4 Å². The van der Waals surface area contributed by atoms with Crippen molar-refractivity contribution in [3.63, 3.8) is 0 Å². The highest BCUT2D eigenvalue weighted by Gasteiger charge is 2.37. The molecule has 56 heavy (non-hydrogen) atoms. The summed E-state index contributed by atoms with van der Waals surface area (Å²) in [6.45, 7) is 9.38. The van der Waals surface area contributed by atoms with Crippen molar-refractivity contribution in [2.75, 3.05) is 4.90 Å². The molecule has 0 N–H and O–H groups in total. The number of hydrogen-bond acceptors (Lipinski definition) is 2. The van der Waals surface area contributed by atoms with Crippen molar-refractivity contribution < 1.29 is 4.42 Å². The van der Waals surface area contributed by atoms with Crippen LogP contribution in [-0.4, -0.2) is 0 Å². The monoisotopic (exact) mass is 719 g/mol. The topological polar surface area (TPSA) is 16.4 Å². The van der Waals surface area contributed by atoms with E-state index in [1.54, 1.807) is 0 Å². The highest BCUT2D eigenvalue weighted by molar-refractivity contribution is 6.07. The minimum atomic E-state index is -0.113. The van der Waals surface area contributed by atoms with Gasteiger partial charge in [0.1, 0.15) is 11.2 Å². The normalized spacial score (nSPS) is 14.4. The fourth-order valence-corrected chi connectivity index (χ4v) is 9.70. The lowest BCUT2D eigenvalue weighted by atomic mass is 9.81. The lowest BCUT2D eigenvalue weighted by Gasteiger charge is -2.28. The van der Waals surface area contributed by atoms with Crippen LogP contribution in [0.5, 0.6) is 0 Å². The van der Waals surface area contributed by atoms with E-state index in [4.69, 9.17) is 4.42 Å². The molecule has 268 valence electrons. The Balaban J connectivity index is 1.03. The lowest BCUT2D eigenvalue weighted by molar-refractivity contribution is 0.660. The minimum absolute atomic E-state index is 0.0458. The Hall–Kier alpha value is -6.64. The van der Waals surface area contributed by atoms with Crippen LogP contribution in [0.4, 0.5) is 17.1 Å². The maximum atomic E-state index is 6.67. The quantitative estimate of drug-likeness (QED) is 0.176. The first kappa shape index (κ1) is 32.8. The van der Waals surface area contributed by atoms with Gasteiger partial charge in [-0.05, 0) is 121 Å². The van der Waals surface area contributed by atoms with Gasteiger partial charge in [0.15, 0.2) is 0 Å². The largest absolute Gasteiger partial charge is 0.456 e. The highest BCUT2D eigenvalue weighted by atomic mass is 16.3. The molecule has 1 heterocycles. The lowest BCUT2D eigenvalue weighted by Crippen LogP contribution is -2.16. The average molecular weight is 720 g/mol. The third-order valence-corrected chi connectivity index (χ3v) is 12.7. The van der Waals surface area contributed by atoms with E-state index in [1.165, 1.54) is 66.8 Å². The van der Waals surface area contributed by atoms with Gasteiger partial charge >= 0.3 is 0 Å². The van der Waals surface area contributed by atoms with E-state index in [9.17, 15) is 0 Å². The van der Waals surface area contributed by atoms with Crippen molar-refractivity contribution in [1.82, 2.24) is 0 Å². The third-order valence-electron chi connectivity index (χ3n) is 12.7. The molecule has 0 fully saturated rings. The molecule has 0 aliphatic heterocycles. The van der Waals surface area contributed by atoms with Crippen molar-refractivity contribution in [2.45, 2.75) is 38.5 Å². The molecule has 2 heteroatoms. The van der Waals surface area contributed by atoms with Gasteiger partial charge < -0.3 is 9.32 Å². The summed E-state index contributed by atoms with van der Waals surface area (Å²) in [5, 5.41) is 2.24. The van der Waals surface area contributed by atoms with Crippen molar-refractivity contribution in [2.24, 2.45) is 0 Å². The number of anilines is 3. The zero-order valence-electron chi connectivity index (χ0n) is 32.1. The summed E-state index contributed by atoms with van der Waals surface area (Å²) < 4.78 is 6.67. The van der Waals surface area contributed by atoms with E-state index < -0.39 is 0 Å². The number of rotatable bonds is 5. The number of fused-ring (bicyclic) bond motifs is 9. The number of furan rings is 1. The predicted molar refractivity (Wildman–Crippen MR) is 234 cm³/mol. The molecule has 8 aromatic carbocycles. The second kappa shape index (κ2) is 11.9. The van der Waals surface area contributed by atoms with Gasteiger partial charge in [0.2, 0.25) is 0 Å². The molecule has 2 aliphatic rings. The number of hydrogen-bond donors (Lipinski definition) is 0. The van der Waals surface area contributed by atoms with Crippen molar-refractivity contribution >= 4 is 39.0 Å². The fourth-order valence-electron chi connectivity index (χ4n) is 9.70. The summed E-state index contributed by atoms with van der Waals surface area (Å²) in [7, 11) is 0. The van der Waals surface area contributed by atoms with E-state index in [2.05, 4.69) is 209 Å². The molecule has 11 rings (SSSR count). The van der Waals surface area contributed by atoms with E-state index in [0.717, 1.165) is 39.0 Å². The summed E-state index contributed by atoms with van der Waals surface area (Å²) in [6.07, 6.45) is 0. The molecular formula is C54H41NO. The van der Waals surface area contributed by atoms with Crippen LogP contribution in [-0.2, 0) is 10.8 Å². The van der Waals surface area contributed by atoms with Gasteiger partial charge in [-0.2, -0.15) is 0 Å². The molecular weight excluding hydrogens is 679 g/mol.